The summed E-state index contributed by atoms with van der Waals surface area (Å²) < 4.78 is 5.47. The fourth-order valence-electron chi connectivity index (χ4n) is 3.27. The number of fused-ring (bicyclic) bond motifs is 2. The van der Waals surface area contributed by atoms with E-state index in [1.54, 1.807) is 7.11 Å². The van der Waals surface area contributed by atoms with Crippen molar-refractivity contribution in [3.8, 4) is 5.75 Å². The quantitative estimate of drug-likeness (QED) is 0.740. The maximum absolute atomic E-state index is 5.47. The third-order valence-corrected chi connectivity index (χ3v) is 4.27. The van der Waals surface area contributed by atoms with E-state index in [1.165, 1.54) is 21.9 Å². The number of methoxy groups -OCH3 is 1. The Morgan fingerprint density at radius 2 is 1.76 bits per heavy atom. The van der Waals surface area contributed by atoms with Crippen LogP contribution in [0, 0.1) is 0 Å². The zero-order valence-corrected chi connectivity index (χ0v) is 12.0. The molecule has 1 heterocycles. The molecule has 0 radical (unpaired) electrons. The van der Waals surface area contributed by atoms with E-state index < -0.39 is 0 Å². The van der Waals surface area contributed by atoms with Gasteiger partial charge in [0.2, 0.25) is 0 Å². The van der Waals surface area contributed by atoms with Crippen LogP contribution >= 0.6 is 0 Å². The Morgan fingerprint density at radius 1 is 0.952 bits per heavy atom. The van der Waals surface area contributed by atoms with Crippen LogP contribution in [0.15, 0.2) is 60.7 Å². The number of anilines is 1. The zero-order valence-electron chi connectivity index (χ0n) is 12.0. The van der Waals surface area contributed by atoms with Gasteiger partial charge in [-0.25, -0.2) is 0 Å². The summed E-state index contributed by atoms with van der Waals surface area (Å²) in [7, 11) is 1.72. The Labute approximate surface area is 124 Å². The molecule has 0 aliphatic carbocycles. The van der Waals surface area contributed by atoms with Crippen molar-refractivity contribution in [1.29, 1.82) is 0 Å². The van der Waals surface area contributed by atoms with Gasteiger partial charge in [-0.15, -0.1) is 0 Å². The number of rotatable bonds is 2. The number of hydrogen-bond donors (Lipinski definition) is 1. The van der Waals surface area contributed by atoms with Crippen molar-refractivity contribution in [3.63, 3.8) is 0 Å². The summed E-state index contributed by atoms with van der Waals surface area (Å²) in [4.78, 5) is 0. The lowest BCUT2D eigenvalue weighted by Gasteiger charge is -2.15. The summed E-state index contributed by atoms with van der Waals surface area (Å²) in [6, 6.07) is 21.6. The smallest absolute Gasteiger partial charge is 0.142 e. The minimum atomic E-state index is 0.308. The van der Waals surface area contributed by atoms with Crippen LogP contribution in [0.5, 0.6) is 5.75 Å². The number of nitrogens with one attached hydrogen (secondary N) is 1. The van der Waals surface area contributed by atoms with Crippen molar-refractivity contribution in [2.75, 3.05) is 12.4 Å². The van der Waals surface area contributed by atoms with Crippen LogP contribution in [0.2, 0.25) is 0 Å². The van der Waals surface area contributed by atoms with Crippen LogP contribution in [0.25, 0.3) is 10.8 Å². The maximum atomic E-state index is 5.47. The van der Waals surface area contributed by atoms with E-state index >= 15 is 0 Å². The Kier molecular flexibility index (Phi) is 2.81. The van der Waals surface area contributed by atoms with Crippen molar-refractivity contribution in [2.45, 2.75) is 12.5 Å². The van der Waals surface area contributed by atoms with E-state index in [-0.39, 0.29) is 0 Å². The van der Waals surface area contributed by atoms with Gasteiger partial charge in [-0.3, -0.25) is 0 Å². The standard InChI is InChI=1S/C19H17NO/c1-21-18-11-5-8-14-12-17(20-19(14)18)16-10-4-7-13-6-2-3-9-15(13)16/h2-11,17,20H,12H2,1H3. The number of ether oxygens (including phenoxy) is 1. The van der Waals surface area contributed by atoms with Crippen LogP contribution in [0.4, 0.5) is 5.69 Å². The molecule has 0 fully saturated rings. The van der Waals surface area contributed by atoms with Gasteiger partial charge in [-0.2, -0.15) is 0 Å². The highest BCUT2D eigenvalue weighted by atomic mass is 16.5. The second-order valence-electron chi connectivity index (χ2n) is 5.46. The maximum Gasteiger partial charge on any atom is 0.142 e. The Morgan fingerprint density at radius 3 is 2.67 bits per heavy atom. The first-order chi connectivity index (χ1) is 10.4. The molecule has 4 rings (SSSR count). The van der Waals surface area contributed by atoms with Crippen molar-refractivity contribution < 1.29 is 4.74 Å². The molecule has 1 aliphatic rings. The predicted octanol–water partition coefficient (Wildman–Crippen LogP) is 4.56. The van der Waals surface area contributed by atoms with Gasteiger partial charge in [-0.1, -0.05) is 54.6 Å². The van der Waals surface area contributed by atoms with E-state index in [9.17, 15) is 0 Å². The lowest BCUT2D eigenvalue weighted by Crippen LogP contribution is -2.06. The molecule has 1 atom stereocenters. The van der Waals surface area contributed by atoms with E-state index in [1.807, 2.05) is 6.07 Å². The third-order valence-electron chi connectivity index (χ3n) is 4.27. The number of benzene rings is 3. The molecular weight excluding hydrogens is 258 g/mol. The van der Waals surface area contributed by atoms with Gasteiger partial charge in [0.15, 0.2) is 0 Å². The summed E-state index contributed by atoms with van der Waals surface area (Å²) in [5, 5.41) is 6.25. The van der Waals surface area contributed by atoms with E-state index in [0.29, 0.717) is 6.04 Å². The average Bonchev–Trinajstić information content (AvgIpc) is 2.98. The highest BCUT2D eigenvalue weighted by Crippen LogP contribution is 2.41. The van der Waals surface area contributed by atoms with Gasteiger partial charge in [0.1, 0.15) is 5.75 Å². The highest BCUT2D eigenvalue weighted by Gasteiger charge is 2.25. The normalized spacial score (nSPS) is 16.5. The predicted molar refractivity (Wildman–Crippen MR) is 87.0 cm³/mol. The van der Waals surface area contributed by atoms with E-state index in [0.717, 1.165) is 17.9 Å². The minimum absolute atomic E-state index is 0.308. The van der Waals surface area contributed by atoms with Gasteiger partial charge >= 0.3 is 0 Å². The van der Waals surface area contributed by atoms with Crippen molar-refractivity contribution in [2.24, 2.45) is 0 Å². The second-order valence-corrected chi connectivity index (χ2v) is 5.46. The molecule has 0 spiro atoms. The fourth-order valence-corrected chi connectivity index (χ4v) is 3.27. The molecule has 1 unspecified atom stereocenters. The molecule has 3 aromatic carbocycles. The van der Waals surface area contributed by atoms with Gasteiger partial charge in [0.05, 0.1) is 18.8 Å². The van der Waals surface area contributed by atoms with Crippen LogP contribution in [0.3, 0.4) is 0 Å². The summed E-state index contributed by atoms with van der Waals surface area (Å²) in [6.45, 7) is 0. The second kappa shape index (κ2) is 4.81. The van der Waals surface area contributed by atoms with Crippen LogP contribution in [-0.2, 0) is 6.42 Å². The molecule has 0 saturated carbocycles. The fraction of sp³-hybridized carbons (Fsp3) is 0.158. The van der Waals surface area contributed by atoms with E-state index in [2.05, 4.69) is 59.9 Å². The van der Waals surface area contributed by atoms with Crippen LogP contribution in [-0.4, -0.2) is 7.11 Å². The molecule has 2 heteroatoms. The van der Waals surface area contributed by atoms with Gasteiger partial charge in [0, 0.05) is 0 Å². The SMILES string of the molecule is COc1cccc2c1NC(c1cccc3ccccc13)C2. The largest absolute Gasteiger partial charge is 0.495 e. The molecule has 1 aliphatic heterocycles. The lowest BCUT2D eigenvalue weighted by molar-refractivity contribution is 0.416. The number of hydrogen-bond acceptors (Lipinski definition) is 2. The van der Waals surface area contributed by atoms with Gasteiger partial charge in [-0.05, 0) is 34.4 Å². The lowest BCUT2D eigenvalue weighted by atomic mass is 9.97. The molecule has 3 aromatic rings. The van der Waals surface area contributed by atoms with Crippen LogP contribution in [0.1, 0.15) is 17.2 Å². The first kappa shape index (κ1) is 12.3. The first-order valence-corrected chi connectivity index (χ1v) is 7.27. The van der Waals surface area contributed by atoms with Gasteiger partial charge in [0.25, 0.3) is 0 Å². The molecule has 0 amide bonds. The molecular formula is C19H17NO. The monoisotopic (exact) mass is 275 g/mol. The van der Waals surface area contributed by atoms with E-state index in [4.69, 9.17) is 4.74 Å². The molecule has 104 valence electrons. The van der Waals surface area contributed by atoms with Crippen molar-refractivity contribution >= 4 is 16.5 Å². The first-order valence-electron chi connectivity index (χ1n) is 7.27. The topological polar surface area (TPSA) is 21.3 Å². The minimum Gasteiger partial charge on any atom is -0.495 e. The third kappa shape index (κ3) is 1.95. The molecule has 1 N–H and O–H groups in total. The van der Waals surface area contributed by atoms with Crippen molar-refractivity contribution in [1.82, 2.24) is 0 Å². The molecule has 0 saturated heterocycles. The summed E-state index contributed by atoms with van der Waals surface area (Å²) in [6.07, 6.45) is 1.00. The number of para-hydroxylation sites is 1. The van der Waals surface area contributed by atoms with Crippen molar-refractivity contribution in [3.05, 3.63) is 71.8 Å². The van der Waals surface area contributed by atoms with Crippen LogP contribution < -0.4 is 10.1 Å². The van der Waals surface area contributed by atoms with Gasteiger partial charge < -0.3 is 10.1 Å². The molecule has 0 bridgehead atoms. The Balaban J connectivity index is 1.79. The highest BCUT2D eigenvalue weighted by molar-refractivity contribution is 5.87. The average molecular weight is 275 g/mol. The molecule has 0 aromatic heterocycles. The molecule has 21 heavy (non-hydrogen) atoms. The Hall–Kier alpha value is -2.48. The zero-order chi connectivity index (χ0) is 14.2. The summed E-state index contributed by atoms with van der Waals surface area (Å²) in [5.41, 5.74) is 3.82. The summed E-state index contributed by atoms with van der Waals surface area (Å²) in [5.74, 6) is 0.926. The summed E-state index contributed by atoms with van der Waals surface area (Å²) >= 11 is 0. The molecule has 2 nitrogen and oxygen atoms in total. The Bertz CT molecular complexity index is 804.